The first-order chi connectivity index (χ1) is 52.4. The number of non-ortho nitro benzene ring substituents is 2. The van der Waals surface area contributed by atoms with Crippen molar-refractivity contribution in [1.82, 2.24) is 39.9 Å². The molecule has 9 heterocycles. The Hall–Kier alpha value is -13.3. The van der Waals surface area contributed by atoms with Gasteiger partial charge in [0.1, 0.15) is 18.1 Å². The van der Waals surface area contributed by atoms with Crippen LogP contribution in [0.15, 0.2) is 297 Å². The first-order valence-electron chi connectivity index (χ1n) is 33.7. The molecule has 0 atom stereocenters. The van der Waals surface area contributed by atoms with Gasteiger partial charge in [-0.05, 0) is 188 Å². The molecule has 0 saturated heterocycles. The number of aryl methyl sites for hydroxylation is 1. The van der Waals surface area contributed by atoms with Crippen molar-refractivity contribution >= 4 is 138 Å². The van der Waals surface area contributed by atoms with Gasteiger partial charge in [0.25, 0.3) is 11.4 Å². The summed E-state index contributed by atoms with van der Waals surface area (Å²) in [6.07, 6.45) is 11.6. The van der Waals surface area contributed by atoms with E-state index in [1.54, 1.807) is 55.9 Å². The molecule has 0 saturated carbocycles. The average molecular weight is 1540 g/mol. The molecule has 546 valence electrons. The molecule has 0 spiro atoms. The van der Waals surface area contributed by atoms with E-state index in [-0.39, 0.29) is 22.3 Å². The van der Waals surface area contributed by atoms with Crippen LogP contribution < -0.4 is 14.8 Å². The first-order valence-corrected chi connectivity index (χ1v) is 34.9. The number of carbonyl (C=O) groups is 1. The lowest BCUT2D eigenvalue weighted by Gasteiger charge is -2.07. The van der Waals surface area contributed by atoms with Crippen molar-refractivity contribution in [3.8, 4) is 11.5 Å². The standard InChI is InChI=1S/C15H13NO.C10H9NO2.C9H6F3N.C9H9NO.C9H9N.C8H6BrN.C8H6ClN.C8H8N2O2.C8H6N2O2/c1-2-5-12(6-3-1)11-17-14-8-4-7-13-9-10-16-15(13)14;1-13-10(12)8-3-2-7-4-5-11-9(7)6-8;10-9(11,12)7-2-1-6-3-4-13-8(6)5-7;1-11-8-3-2-7-4-5-10-9(7)6-8;1-7-2-3-8-4-5-10-9(8)6-7;2*9-7-3-1-2-6-4-5-10-8(6)7;2*11-10(12)7-2-1-6-3-4-9-8(6)5-7/h1-10,16H,11H2;2-6,11H,1H3;1-5,13H;2-6,10H,1H3;2-6,10H,1H3;2*1-5,10H;1-2,5,9H,3-4H2;1-5,9H. The Balaban J connectivity index is 0.000000121. The number of alkyl halides is 3. The van der Waals surface area contributed by atoms with Crippen LogP contribution in [0.4, 0.5) is 30.2 Å². The number of rotatable bonds is 7. The maximum atomic E-state index is 12.2. The maximum absolute atomic E-state index is 12.2. The molecular weight excluding hydrogens is 1460 g/mol. The number of anilines is 1. The summed E-state index contributed by atoms with van der Waals surface area (Å²) in [7, 11) is 3.05. The van der Waals surface area contributed by atoms with Gasteiger partial charge in [-0.25, -0.2) is 4.79 Å². The second-order valence-corrected chi connectivity index (χ2v) is 25.4. The molecule has 0 unspecified atom stereocenters. The van der Waals surface area contributed by atoms with Gasteiger partial charge in [0, 0.05) is 135 Å². The monoisotopic (exact) mass is 1530 g/mol. The van der Waals surface area contributed by atoms with Crippen molar-refractivity contribution in [2.24, 2.45) is 0 Å². The summed E-state index contributed by atoms with van der Waals surface area (Å²) >= 11 is 9.31. The van der Waals surface area contributed by atoms with Crippen LogP contribution in [0.25, 0.3) is 87.2 Å². The summed E-state index contributed by atoms with van der Waals surface area (Å²) in [4.78, 5) is 55.4. The molecule has 0 fully saturated rings. The van der Waals surface area contributed by atoms with Crippen molar-refractivity contribution in [3.05, 3.63) is 350 Å². The molecule has 0 radical (unpaired) electrons. The Labute approximate surface area is 629 Å². The smallest absolute Gasteiger partial charge is 0.416 e. The Morgan fingerprint density at radius 3 is 1.56 bits per heavy atom. The van der Waals surface area contributed by atoms with Gasteiger partial charge in [-0.15, -0.1) is 0 Å². The number of nitro groups is 2. The fraction of sp³-hybridized carbons (Fsp3) is 0.0833. The van der Waals surface area contributed by atoms with E-state index >= 15 is 0 Å². The molecule has 19 rings (SSSR count). The van der Waals surface area contributed by atoms with Crippen molar-refractivity contribution in [2.75, 3.05) is 26.1 Å². The highest BCUT2D eigenvalue weighted by atomic mass is 79.9. The van der Waals surface area contributed by atoms with E-state index in [9.17, 15) is 38.2 Å². The van der Waals surface area contributed by atoms with Crippen molar-refractivity contribution in [2.45, 2.75) is 26.1 Å². The second kappa shape index (κ2) is 36.4. The van der Waals surface area contributed by atoms with E-state index in [4.69, 9.17) is 21.1 Å². The number of aromatic nitrogens is 8. The number of benzene rings is 10. The molecule has 9 N–H and O–H groups in total. The van der Waals surface area contributed by atoms with Crippen molar-refractivity contribution in [1.29, 1.82) is 0 Å². The third-order valence-electron chi connectivity index (χ3n) is 17.0. The molecule has 1 aliphatic rings. The van der Waals surface area contributed by atoms with Gasteiger partial charge >= 0.3 is 12.1 Å². The summed E-state index contributed by atoms with van der Waals surface area (Å²) in [5.41, 5.74) is 12.6. The highest BCUT2D eigenvalue weighted by Crippen LogP contribution is 2.32. The SMILES string of the molecule is Brc1cccc2cc[nH]c12.COC(=O)c1ccc2cc[nH]c2c1.COc1ccc2cc[nH]c2c1.Cc1ccc2cc[nH]c2c1.Clc1cccc2cc[nH]c12.FC(F)(F)c1ccc2cc[nH]c2c1.O=[N+]([O-])c1ccc2c(c1)NCC2.O=[N+]([O-])c1ccc2cc[nH]c2c1.c1ccc(COc2cccc3cc[nH]c23)cc1. The predicted octanol–water partition coefficient (Wildman–Crippen LogP) is 22.9. The lowest BCUT2D eigenvalue weighted by atomic mass is 10.1. The number of nitrogens with zero attached hydrogens (tertiary/aromatic N) is 2. The number of hydrogen-bond acceptors (Lipinski definition) is 9. The fourth-order valence-corrected chi connectivity index (χ4v) is 12.1. The molecule has 24 heteroatoms. The zero-order valence-corrected chi connectivity index (χ0v) is 60.7. The second-order valence-electron chi connectivity index (χ2n) is 24.2. The third-order valence-corrected chi connectivity index (χ3v) is 17.9. The van der Waals surface area contributed by atoms with Gasteiger partial charge in [0.2, 0.25) is 0 Å². The number of ether oxygens (including phenoxy) is 3. The summed E-state index contributed by atoms with van der Waals surface area (Å²) in [6.45, 7) is 3.58. The van der Waals surface area contributed by atoms with Crippen LogP contribution in [0, 0.1) is 27.2 Å². The van der Waals surface area contributed by atoms with Gasteiger partial charge < -0.3 is 59.4 Å². The van der Waals surface area contributed by atoms with Crippen molar-refractivity contribution in [3.63, 3.8) is 0 Å². The number of hydrogen-bond donors (Lipinski definition) is 9. The van der Waals surface area contributed by atoms with E-state index < -0.39 is 16.7 Å². The van der Waals surface area contributed by atoms with Gasteiger partial charge in [-0.2, -0.15) is 13.2 Å². The van der Waals surface area contributed by atoms with Gasteiger partial charge in [0.15, 0.2) is 0 Å². The summed E-state index contributed by atoms with van der Waals surface area (Å²) in [5.74, 6) is 1.48. The molecule has 0 bridgehead atoms. The number of nitrogens with one attached hydrogen (secondary N) is 9. The van der Waals surface area contributed by atoms with Crippen molar-refractivity contribution < 1.29 is 42.0 Å². The Bertz CT molecular complexity index is 5900. The van der Waals surface area contributed by atoms with E-state index in [2.05, 4.69) is 127 Å². The quantitative estimate of drug-likeness (QED) is 0.0416. The molecule has 108 heavy (non-hydrogen) atoms. The molecule has 18 aromatic rings. The number of nitro benzene ring substituents is 2. The molecule has 10 aromatic carbocycles. The maximum Gasteiger partial charge on any atom is 0.416 e. The first kappa shape index (κ1) is 75.9. The number of halogens is 5. The fourth-order valence-electron chi connectivity index (χ4n) is 11.4. The number of para-hydroxylation sites is 3. The number of methoxy groups -OCH3 is 2. The molecular formula is C84H72BrClF3N11O8. The van der Waals surface area contributed by atoms with E-state index in [1.807, 2.05) is 159 Å². The highest BCUT2D eigenvalue weighted by Gasteiger charge is 2.30. The zero-order chi connectivity index (χ0) is 75.9. The number of carbonyl (C=O) groups excluding carboxylic acids is 1. The van der Waals surface area contributed by atoms with E-state index in [0.717, 1.165) is 101 Å². The van der Waals surface area contributed by atoms with Gasteiger partial charge in [0.05, 0.1) is 62.3 Å². The molecule has 0 amide bonds. The normalized spacial score (nSPS) is 11.0. The number of aromatic amines is 8. The Morgan fingerprint density at radius 1 is 0.481 bits per heavy atom. The Kier molecular flexibility index (Phi) is 25.6. The molecule has 8 aromatic heterocycles. The topological polar surface area (TPSA) is 269 Å². The highest BCUT2D eigenvalue weighted by molar-refractivity contribution is 9.10. The van der Waals surface area contributed by atoms with Gasteiger partial charge in [-0.1, -0.05) is 109 Å². The summed E-state index contributed by atoms with van der Waals surface area (Å²) in [5, 5.41) is 33.5. The van der Waals surface area contributed by atoms with Gasteiger partial charge in [-0.3, -0.25) is 20.2 Å². The zero-order valence-electron chi connectivity index (χ0n) is 58.4. The largest absolute Gasteiger partial charge is 0.497 e. The van der Waals surface area contributed by atoms with Crippen LogP contribution in [0.3, 0.4) is 0 Å². The Morgan fingerprint density at radius 2 is 0.963 bits per heavy atom. The van der Waals surface area contributed by atoms with E-state index in [0.29, 0.717) is 17.7 Å². The van der Waals surface area contributed by atoms with E-state index in [1.165, 1.54) is 74.6 Å². The number of fused-ring (bicyclic) bond motifs is 9. The predicted molar refractivity (Wildman–Crippen MR) is 429 cm³/mol. The minimum Gasteiger partial charge on any atom is -0.497 e. The average Bonchev–Trinajstić information content (AvgIpc) is 1.52. The lowest BCUT2D eigenvalue weighted by Crippen LogP contribution is -2.03. The minimum absolute atomic E-state index is 0.116. The number of esters is 1. The lowest BCUT2D eigenvalue weighted by molar-refractivity contribution is -0.384. The summed E-state index contributed by atoms with van der Waals surface area (Å²) in [6, 6.07) is 75.1. The van der Waals surface area contributed by atoms with Crippen LogP contribution >= 0.6 is 27.5 Å². The van der Waals surface area contributed by atoms with Crippen LogP contribution in [0.5, 0.6) is 11.5 Å². The van der Waals surface area contributed by atoms with Crippen LogP contribution in [-0.2, 0) is 23.9 Å². The summed E-state index contributed by atoms with van der Waals surface area (Å²) < 4.78 is 53.3. The molecule has 1 aliphatic heterocycles. The minimum atomic E-state index is -4.26. The van der Waals surface area contributed by atoms with Crippen LogP contribution in [-0.4, -0.2) is 76.5 Å². The van der Waals surface area contributed by atoms with Crippen LogP contribution in [0.1, 0.15) is 32.6 Å². The third kappa shape index (κ3) is 20.4. The molecule has 19 nitrogen and oxygen atoms in total. The number of H-pyrrole nitrogens is 8. The van der Waals surface area contributed by atoms with Crippen LogP contribution in [0.2, 0.25) is 5.02 Å². The molecule has 0 aliphatic carbocycles.